The number of methoxy groups -OCH3 is 1. The first-order valence-electron chi connectivity index (χ1n) is 5.32. The van der Waals surface area contributed by atoms with Gasteiger partial charge in [0.2, 0.25) is 0 Å². The number of aliphatic hydroxyl groups is 1. The van der Waals surface area contributed by atoms with Gasteiger partial charge in [0.05, 0.1) is 13.2 Å². The minimum Gasteiger partial charge on any atom is -0.464 e. The Morgan fingerprint density at radius 3 is 2.72 bits per heavy atom. The number of aliphatic hydroxyl groups excluding tert-OH is 1. The monoisotopic (exact) mass is 320 g/mol. The topological polar surface area (TPSA) is 55.8 Å². The van der Waals surface area contributed by atoms with Gasteiger partial charge in [0.1, 0.15) is 5.82 Å². The van der Waals surface area contributed by atoms with Crippen molar-refractivity contribution in [2.75, 3.05) is 13.7 Å². The van der Waals surface area contributed by atoms with Crippen molar-refractivity contribution in [3.63, 3.8) is 0 Å². The van der Waals surface area contributed by atoms with Gasteiger partial charge in [0.25, 0.3) is 0 Å². The third-order valence-corrected chi connectivity index (χ3v) is 2.99. The molecule has 1 N–H and O–H groups in total. The molecule has 0 amide bonds. The highest BCUT2D eigenvalue weighted by molar-refractivity contribution is 9.10. The van der Waals surface area contributed by atoms with Crippen molar-refractivity contribution >= 4 is 21.9 Å². The molecule has 0 aliphatic rings. The highest BCUT2D eigenvalue weighted by Crippen LogP contribution is 2.26. The van der Waals surface area contributed by atoms with E-state index in [-0.39, 0.29) is 18.8 Å². The second-order valence-electron chi connectivity index (χ2n) is 3.55. The van der Waals surface area contributed by atoms with Gasteiger partial charge in [0.15, 0.2) is 6.10 Å². The SMILES string of the molecule is CCOC(=O)C(O)c1cc(F)c(COC)c(Br)c1. The molecule has 0 aliphatic heterocycles. The number of carbonyl (C=O) groups excluding carboxylic acids is 1. The van der Waals surface area contributed by atoms with E-state index in [1.807, 2.05) is 0 Å². The molecule has 4 nitrogen and oxygen atoms in total. The molecular weight excluding hydrogens is 307 g/mol. The van der Waals surface area contributed by atoms with Gasteiger partial charge in [-0.2, -0.15) is 0 Å². The normalized spacial score (nSPS) is 12.3. The molecule has 0 saturated carbocycles. The van der Waals surface area contributed by atoms with Gasteiger partial charge in [-0.1, -0.05) is 15.9 Å². The molecule has 1 atom stereocenters. The highest BCUT2D eigenvalue weighted by atomic mass is 79.9. The zero-order valence-corrected chi connectivity index (χ0v) is 11.7. The molecule has 0 radical (unpaired) electrons. The van der Waals surface area contributed by atoms with Gasteiger partial charge in [0, 0.05) is 17.1 Å². The molecule has 1 unspecified atom stereocenters. The number of ether oxygens (including phenoxy) is 2. The fourth-order valence-corrected chi connectivity index (χ4v) is 1.99. The van der Waals surface area contributed by atoms with Crippen LogP contribution >= 0.6 is 15.9 Å². The van der Waals surface area contributed by atoms with Crippen LogP contribution in [0.1, 0.15) is 24.2 Å². The number of halogens is 2. The van der Waals surface area contributed by atoms with Gasteiger partial charge in [-0.25, -0.2) is 9.18 Å². The van der Waals surface area contributed by atoms with Crippen molar-refractivity contribution in [3.05, 3.63) is 33.5 Å². The predicted octanol–water partition coefficient (Wildman–Crippen LogP) is 2.33. The Hall–Kier alpha value is -0.980. The standard InChI is InChI=1S/C12H14BrFO4/c1-3-18-12(16)11(15)7-4-9(13)8(6-17-2)10(14)5-7/h4-5,11,15H,3,6H2,1-2H3. The summed E-state index contributed by atoms with van der Waals surface area (Å²) in [6.07, 6.45) is -1.49. The fourth-order valence-electron chi connectivity index (χ4n) is 1.42. The molecule has 0 aliphatic carbocycles. The number of esters is 1. The lowest BCUT2D eigenvalue weighted by atomic mass is 10.1. The van der Waals surface area contributed by atoms with Crippen LogP contribution in [0.25, 0.3) is 0 Å². The Morgan fingerprint density at radius 2 is 2.22 bits per heavy atom. The number of benzene rings is 1. The van der Waals surface area contributed by atoms with Crippen LogP contribution in [0.4, 0.5) is 4.39 Å². The Balaban J connectivity index is 3.02. The zero-order chi connectivity index (χ0) is 13.7. The zero-order valence-electron chi connectivity index (χ0n) is 10.1. The summed E-state index contributed by atoms with van der Waals surface area (Å²) < 4.78 is 23.7. The van der Waals surface area contributed by atoms with E-state index in [2.05, 4.69) is 20.7 Å². The Kier molecular flexibility index (Phi) is 5.71. The van der Waals surface area contributed by atoms with Crippen molar-refractivity contribution in [2.24, 2.45) is 0 Å². The molecule has 1 aromatic rings. The summed E-state index contributed by atoms with van der Waals surface area (Å²) >= 11 is 3.17. The molecule has 0 saturated heterocycles. The second kappa shape index (κ2) is 6.82. The van der Waals surface area contributed by atoms with Gasteiger partial charge in [-0.05, 0) is 24.6 Å². The van der Waals surface area contributed by atoms with Gasteiger partial charge < -0.3 is 14.6 Å². The average Bonchev–Trinajstić information content (AvgIpc) is 2.33. The molecule has 6 heteroatoms. The Bertz CT molecular complexity index is 413. The van der Waals surface area contributed by atoms with Crippen molar-refractivity contribution in [1.82, 2.24) is 0 Å². The number of carbonyl (C=O) groups is 1. The van der Waals surface area contributed by atoms with Crippen molar-refractivity contribution in [1.29, 1.82) is 0 Å². The predicted molar refractivity (Wildman–Crippen MR) is 66.4 cm³/mol. The summed E-state index contributed by atoms with van der Waals surface area (Å²) in [6.45, 7) is 1.88. The van der Waals surface area contributed by atoms with E-state index in [1.165, 1.54) is 13.2 Å². The maximum Gasteiger partial charge on any atom is 0.339 e. The molecule has 0 spiro atoms. The Morgan fingerprint density at radius 1 is 1.56 bits per heavy atom. The minimum absolute atomic E-state index is 0.0994. The molecule has 0 heterocycles. The van der Waals surface area contributed by atoms with E-state index in [4.69, 9.17) is 4.74 Å². The number of rotatable bonds is 5. The van der Waals surface area contributed by atoms with E-state index in [1.54, 1.807) is 6.92 Å². The molecule has 1 rings (SSSR count). The fraction of sp³-hybridized carbons (Fsp3) is 0.417. The van der Waals surface area contributed by atoms with Crippen LogP contribution in [0, 0.1) is 5.82 Å². The highest BCUT2D eigenvalue weighted by Gasteiger charge is 2.21. The van der Waals surface area contributed by atoms with Gasteiger partial charge in [-0.15, -0.1) is 0 Å². The molecule has 0 aromatic heterocycles. The van der Waals surface area contributed by atoms with Gasteiger partial charge in [-0.3, -0.25) is 0 Å². The first-order chi connectivity index (χ1) is 8.51. The van der Waals surface area contributed by atoms with E-state index in [0.29, 0.717) is 10.0 Å². The van der Waals surface area contributed by atoms with Crippen LogP contribution < -0.4 is 0 Å². The smallest absolute Gasteiger partial charge is 0.339 e. The summed E-state index contributed by atoms with van der Waals surface area (Å²) in [4.78, 5) is 11.3. The second-order valence-corrected chi connectivity index (χ2v) is 4.41. The van der Waals surface area contributed by atoms with Crippen LogP contribution in [0.5, 0.6) is 0 Å². The summed E-state index contributed by atoms with van der Waals surface area (Å²) in [6, 6.07) is 2.57. The Labute approximate surface area is 113 Å². The molecule has 1 aromatic carbocycles. The maximum absolute atomic E-state index is 13.7. The maximum atomic E-state index is 13.7. The quantitative estimate of drug-likeness (QED) is 0.846. The van der Waals surface area contributed by atoms with Crippen molar-refractivity contribution < 1.29 is 23.8 Å². The number of hydrogen-bond acceptors (Lipinski definition) is 4. The number of hydrogen-bond donors (Lipinski definition) is 1. The lowest BCUT2D eigenvalue weighted by molar-refractivity contribution is -0.153. The molecular formula is C12H14BrFO4. The van der Waals surface area contributed by atoms with Crippen molar-refractivity contribution in [2.45, 2.75) is 19.6 Å². The lowest BCUT2D eigenvalue weighted by Crippen LogP contribution is -2.16. The first kappa shape index (κ1) is 15.1. The molecule has 0 bridgehead atoms. The summed E-state index contributed by atoms with van der Waals surface area (Å²) in [5.74, 6) is -1.35. The minimum atomic E-state index is -1.49. The van der Waals surface area contributed by atoms with Crippen LogP contribution in [0.3, 0.4) is 0 Å². The summed E-state index contributed by atoms with van der Waals surface area (Å²) in [7, 11) is 1.45. The van der Waals surface area contributed by atoms with Crippen LogP contribution in [0.15, 0.2) is 16.6 Å². The van der Waals surface area contributed by atoms with Crippen LogP contribution in [-0.2, 0) is 20.9 Å². The summed E-state index contributed by atoms with van der Waals surface area (Å²) in [5.41, 5.74) is 0.468. The third-order valence-electron chi connectivity index (χ3n) is 2.28. The van der Waals surface area contributed by atoms with Crippen molar-refractivity contribution in [3.8, 4) is 0 Å². The molecule has 100 valence electrons. The van der Waals surface area contributed by atoms with Crippen LogP contribution in [-0.4, -0.2) is 24.8 Å². The summed E-state index contributed by atoms with van der Waals surface area (Å²) in [5, 5.41) is 9.70. The molecule has 18 heavy (non-hydrogen) atoms. The van der Waals surface area contributed by atoms with E-state index in [9.17, 15) is 14.3 Å². The van der Waals surface area contributed by atoms with E-state index >= 15 is 0 Å². The third kappa shape index (κ3) is 3.51. The van der Waals surface area contributed by atoms with E-state index in [0.717, 1.165) is 6.07 Å². The van der Waals surface area contributed by atoms with Crippen LogP contribution in [0.2, 0.25) is 0 Å². The van der Waals surface area contributed by atoms with Gasteiger partial charge >= 0.3 is 5.97 Å². The van der Waals surface area contributed by atoms with E-state index < -0.39 is 17.9 Å². The average molecular weight is 321 g/mol. The largest absolute Gasteiger partial charge is 0.464 e. The first-order valence-corrected chi connectivity index (χ1v) is 6.12. The lowest BCUT2D eigenvalue weighted by Gasteiger charge is -2.13. The molecule has 0 fully saturated rings.